The minimum Gasteiger partial charge on any atom is -0.476 e. The molecular weight excluding hydrogens is 411 g/mol. The molecule has 0 aliphatic heterocycles. The molecule has 166 valence electrons. The minimum absolute atomic E-state index is 0.000247. The van der Waals surface area contributed by atoms with Crippen molar-refractivity contribution in [1.82, 2.24) is 15.3 Å². The largest absolute Gasteiger partial charge is 0.476 e. The van der Waals surface area contributed by atoms with Gasteiger partial charge in [0.25, 0.3) is 5.91 Å². The smallest absolute Gasteiger partial charge is 0.416 e. The first kappa shape index (κ1) is 21.5. The molecule has 9 heteroatoms. The van der Waals surface area contributed by atoms with E-state index in [0.29, 0.717) is 18.1 Å². The third kappa shape index (κ3) is 5.33. The van der Waals surface area contributed by atoms with Gasteiger partial charge in [-0.2, -0.15) is 13.2 Å². The molecule has 0 saturated heterocycles. The van der Waals surface area contributed by atoms with Crippen LogP contribution in [0.15, 0.2) is 30.5 Å². The normalized spacial score (nSPS) is 18.4. The molecule has 2 saturated carbocycles. The molecule has 1 aromatic heterocycles. The number of rotatable bonds is 8. The van der Waals surface area contributed by atoms with Gasteiger partial charge in [-0.1, -0.05) is 12.1 Å². The second kappa shape index (κ2) is 8.11. The Morgan fingerprint density at radius 3 is 2.45 bits per heavy atom. The van der Waals surface area contributed by atoms with E-state index in [0.717, 1.165) is 37.8 Å². The summed E-state index contributed by atoms with van der Waals surface area (Å²) in [5, 5.41) is 13.1. The van der Waals surface area contributed by atoms with E-state index in [1.54, 1.807) is 6.92 Å². The summed E-state index contributed by atoms with van der Waals surface area (Å²) in [6.45, 7) is 2.20. The Kier molecular flexibility index (Phi) is 5.63. The van der Waals surface area contributed by atoms with Gasteiger partial charge >= 0.3 is 6.18 Å². The zero-order valence-electron chi connectivity index (χ0n) is 17.1. The van der Waals surface area contributed by atoms with Crippen LogP contribution < -0.4 is 10.1 Å². The van der Waals surface area contributed by atoms with E-state index >= 15 is 0 Å². The Hall–Kier alpha value is -2.68. The highest BCUT2D eigenvalue weighted by Gasteiger charge is 2.40. The number of halogens is 3. The zero-order valence-corrected chi connectivity index (χ0v) is 17.1. The Morgan fingerprint density at radius 2 is 1.87 bits per heavy atom. The Balaban J connectivity index is 1.56. The molecule has 2 aliphatic carbocycles. The maximum Gasteiger partial charge on any atom is 0.416 e. The van der Waals surface area contributed by atoms with Crippen LogP contribution in [-0.2, 0) is 6.18 Å². The highest BCUT2D eigenvalue weighted by molar-refractivity contribution is 5.92. The number of amides is 1. The fourth-order valence-corrected chi connectivity index (χ4v) is 3.28. The van der Waals surface area contributed by atoms with Crippen molar-refractivity contribution >= 4 is 5.91 Å². The third-order valence-electron chi connectivity index (χ3n) is 5.67. The molecule has 1 heterocycles. The number of carbonyl (C=O) groups is 1. The molecule has 2 aromatic rings. The SMILES string of the molecule is CC(O)(CNC(=O)c1cnc(OCC2CC2)c(-c2ccc(C(F)(F)F)cc2)n1)C1CC1. The van der Waals surface area contributed by atoms with E-state index in [1.165, 1.54) is 18.3 Å². The van der Waals surface area contributed by atoms with E-state index in [1.807, 2.05) is 0 Å². The average molecular weight is 435 g/mol. The standard InChI is InChI=1S/C22H24F3N3O3/c1-21(30,15-8-9-15)12-27-19(29)17-10-26-20(31-11-13-2-3-13)18(28-17)14-4-6-16(7-5-14)22(23,24)25/h4-7,10,13,15,30H,2-3,8-9,11-12H2,1H3,(H,27,29). The van der Waals surface area contributed by atoms with Gasteiger partial charge in [0.05, 0.1) is 24.0 Å². The second-order valence-corrected chi connectivity index (χ2v) is 8.55. The minimum atomic E-state index is -4.45. The number of aliphatic hydroxyl groups is 1. The molecule has 2 aliphatic rings. The quantitative estimate of drug-likeness (QED) is 0.658. The van der Waals surface area contributed by atoms with Gasteiger partial charge in [-0.3, -0.25) is 4.79 Å². The Bertz CT molecular complexity index is 953. The van der Waals surface area contributed by atoms with Gasteiger partial charge in [-0.25, -0.2) is 9.97 Å². The number of hydrogen-bond donors (Lipinski definition) is 2. The van der Waals surface area contributed by atoms with Crippen LogP contribution in [0.25, 0.3) is 11.3 Å². The number of hydrogen-bond acceptors (Lipinski definition) is 5. The highest BCUT2D eigenvalue weighted by Crippen LogP contribution is 2.39. The van der Waals surface area contributed by atoms with Crippen LogP contribution in [0.2, 0.25) is 0 Å². The van der Waals surface area contributed by atoms with Crippen molar-refractivity contribution in [3.05, 3.63) is 41.7 Å². The molecule has 31 heavy (non-hydrogen) atoms. The average Bonchev–Trinajstić information content (AvgIpc) is 3.63. The van der Waals surface area contributed by atoms with Crippen molar-refractivity contribution in [2.45, 2.75) is 44.4 Å². The van der Waals surface area contributed by atoms with E-state index in [-0.39, 0.29) is 29.7 Å². The van der Waals surface area contributed by atoms with Gasteiger partial charge in [-0.15, -0.1) is 0 Å². The van der Waals surface area contributed by atoms with Gasteiger partial charge in [0.1, 0.15) is 11.4 Å². The first-order valence-corrected chi connectivity index (χ1v) is 10.3. The molecule has 2 fully saturated rings. The van der Waals surface area contributed by atoms with Crippen LogP contribution in [0, 0.1) is 11.8 Å². The molecule has 0 radical (unpaired) electrons. The number of carbonyl (C=O) groups excluding carboxylic acids is 1. The lowest BCUT2D eigenvalue weighted by atomic mass is 10.0. The van der Waals surface area contributed by atoms with E-state index in [9.17, 15) is 23.1 Å². The van der Waals surface area contributed by atoms with Crippen LogP contribution in [0.1, 0.15) is 48.7 Å². The summed E-state index contributed by atoms with van der Waals surface area (Å²) in [5.74, 6) is 0.262. The molecule has 0 bridgehead atoms. The van der Waals surface area contributed by atoms with Gasteiger partial charge in [0.2, 0.25) is 5.88 Å². The van der Waals surface area contributed by atoms with Crippen molar-refractivity contribution in [2.24, 2.45) is 11.8 Å². The number of ether oxygens (including phenoxy) is 1. The van der Waals surface area contributed by atoms with Crippen molar-refractivity contribution < 1.29 is 27.8 Å². The fraction of sp³-hybridized carbons (Fsp3) is 0.500. The summed E-state index contributed by atoms with van der Waals surface area (Å²) in [5.41, 5.74) is -1.20. The topological polar surface area (TPSA) is 84.3 Å². The number of aromatic nitrogens is 2. The van der Waals surface area contributed by atoms with Crippen LogP contribution in [0.5, 0.6) is 5.88 Å². The molecule has 2 N–H and O–H groups in total. The number of benzene rings is 1. The van der Waals surface area contributed by atoms with Crippen LogP contribution in [0.4, 0.5) is 13.2 Å². The van der Waals surface area contributed by atoms with Crippen LogP contribution in [-0.4, -0.2) is 39.7 Å². The Labute approximate surface area is 177 Å². The van der Waals surface area contributed by atoms with Gasteiger partial charge in [-0.05, 0) is 56.6 Å². The first-order valence-electron chi connectivity index (χ1n) is 10.3. The lowest BCUT2D eigenvalue weighted by Gasteiger charge is -2.23. The lowest BCUT2D eigenvalue weighted by Crippen LogP contribution is -2.42. The number of nitrogens with one attached hydrogen (secondary N) is 1. The molecule has 1 amide bonds. The van der Waals surface area contributed by atoms with Crippen LogP contribution in [0.3, 0.4) is 0 Å². The van der Waals surface area contributed by atoms with Crippen molar-refractivity contribution in [1.29, 1.82) is 0 Å². The highest BCUT2D eigenvalue weighted by atomic mass is 19.4. The molecule has 1 unspecified atom stereocenters. The lowest BCUT2D eigenvalue weighted by molar-refractivity contribution is -0.137. The first-order chi connectivity index (χ1) is 14.6. The zero-order chi connectivity index (χ0) is 22.2. The molecule has 1 aromatic carbocycles. The predicted molar refractivity (Wildman–Crippen MR) is 106 cm³/mol. The van der Waals surface area contributed by atoms with Crippen molar-refractivity contribution in [3.8, 4) is 17.1 Å². The molecule has 4 rings (SSSR count). The summed E-state index contributed by atoms with van der Waals surface area (Å²) in [6, 6.07) is 4.50. The molecular formula is C22H24F3N3O3. The maximum atomic E-state index is 12.9. The van der Waals surface area contributed by atoms with Crippen molar-refractivity contribution in [2.75, 3.05) is 13.2 Å². The van der Waals surface area contributed by atoms with Gasteiger partial charge in [0.15, 0.2) is 0 Å². The predicted octanol–water partition coefficient (Wildman–Crippen LogP) is 3.84. The molecule has 6 nitrogen and oxygen atoms in total. The summed E-state index contributed by atoms with van der Waals surface area (Å²) in [7, 11) is 0. The number of alkyl halides is 3. The van der Waals surface area contributed by atoms with Crippen LogP contribution >= 0.6 is 0 Å². The van der Waals surface area contributed by atoms with E-state index < -0.39 is 23.2 Å². The van der Waals surface area contributed by atoms with Gasteiger partial charge in [0, 0.05) is 12.1 Å². The monoisotopic (exact) mass is 435 g/mol. The fourth-order valence-electron chi connectivity index (χ4n) is 3.28. The Morgan fingerprint density at radius 1 is 1.19 bits per heavy atom. The summed E-state index contributed by atoms with van der Waals surface area (Å²) < 4.78 is 44.4. The van der Waals surface area contributed by atoms with Gasteiger partial charge < -0.3 is 15.2 Å². The van der Waals surface area contributed by atoms with E-state index in [4.69, 9.17) is 4.74 Å². The maximum absolute atomic E-state index is 12.9. The van der Waals surface area contributed by atoms with E-state index in [2.05, 4.69) is 15.3 Å². The third-order valence-corrected chi connectivity index (χ3v) is 5.67. The summed E-state index contributed by atoms with van der Waals surface area (Å²) in [4.78, 5) is 21.1. The van der Waals surface area contributed by atoms with Crippen molar-refractivity contribution in [3.63, 3.8) is 0 Å². The summed E-state index contributed by atoms with van der Waals surface area (Å²) in [6.07, 6.45) is 0.795. The summed E-state index contributed by atoms with van der Waals surface area (Å²) >= 11 is 0. The molecule has 0 spiro atoms. The molecule has 1 atom stereocenters. The number of nitrogens with zero attached hydrogens (tertiary/aromatic N) is 2. The second-order valence-electron chi connectivity index (χ2n) is 8.55.